The number of carbonyl (C=O) groups excluding carboxylic acids is 1. The van der Waals surface area contributed by atoms with Crippen molar-refractivity contribution in [2.24, 2.45) is 0 Å². The van der Waals surface area contributed by atoms with Crippen LogP contribution in [0.3, 0.4) is 0 Å². The maximum atomic E-state index is 12.8. The number of fused-ring (bicyclic) bond motifs is 1. The minimum absolute atomic E-state index is 0.115. The van der Waals surface area contributed by atoms with Crippen LogP contribution in [0.4, 0.5) is 5.69 Å². The van der Waals surface area contributed by atoms with E-state index in [9.17, 15) is 4.79 Å². The Morgan fingerprint density at radius 3 is 2.62 bits per heavy atom. The van der Waals surface area contributed by atoms with E-state index in [1.54, 1.807) is 11.8 Å². The van der Waals surface area contributed by atoms with Gasteiger partial charge in [-0.05, 0) is 53.1 Å². The van der Waals surface area contributed by atoms with Gasteiger partial charge in [0.2, 0.25) is 11.1 Å². The Bertz CT molecular complexity index is 1140. The molecule has 146 valence electrons. The zero-order valence-electron chi connectivity index (χ0n) is 15.9. The van der Waals surface area contributed by atoms with E-state index in [0.717, 1.165) is 27.9 Å². The summed E-state index contributed by atoms with van der Waals surface area (Å²) < 4.78 is 6.78. The lowest BCUT2D eigenvalue weighted by Crippen LogP contribution is -2.23. The molecule has 0 spiro atoms. The van der Waals surface area contributed by atoms with Gasteiger partial charge in [-0.3, -0.25) is 4.79 Å². The van der Waals surface area contributed by atoms with Crippen molar-refractivity contribution in [1.29, 1.82) is 0 Å². The van der Waals surface area contributed by atoms with Gasteiger partial charge in [-0.15, -0.1) is 5.10 Å². The molecule has 0 fully saturated rings. The summed E-state index contributed by atoms with van der Waals surface area (Å²) in [6.45, 7) is 1.83. The van der Waals surface area contributed by atoms with Crippen molar-refractivity contribution in [2.75, 3.05) is 12.4 Å². The number of carbonyl (C=O) groups is 1. The number of anilines is 1. The number of ether oxygens (including phenoxy) is 1. The summed E-state index contributed by atoms with van der Waals surface area (Å²) in [5, 5.41) is 17.1. The van der Waals surface area contributed by atoms with Crippen molar-refractivity contribution >= 4 is 34.1 Å². The molecule has 0 aliphatic rings. The molecule has 0 saturated carbocycles. The van der Waals surface area contributed by atoms with E-state index in [2.05, 4.69) is 20.8 Å². The average molecular weight is 405 g/mol. The van der Waals surface area contributed by atoms with Gasteiger partial charge in [-0.1, -0.05) is 48.2 Å². The third kappa shape index (κ3) is 4.07. The SMILES string of the molecule is COc1ccc(-n2nnnc2S[C@@H](C)C(=O)Nc2cccc3ccccc23)cc1. The van der Waals surface area contributed by atoms with Crippen molar-refractivity contribution in [2.45, 2.75) is 17.3 Å². The van der Waals surface area contributed by atoms with E-state index in [0.29, 0.717) is 5.16 Å². The number of thioether (sulfide) groups is 1. The van der Waals surface area contributed by atoms with Crippen molar-refractivity contribution in [3.05, 3.63) is 66.7 Å². The molecule has 1 heterocycles. The summed E-state index contributed by atoms with van der Waals surface area (Å²) in [7, 11) is 1.61. The van der Waals surface area contributed by atoms with Crippen LogP contribution in [0.2, 0.25) is 0 Å². The fraction of sp³-hybridized carbons (Fsp3) is 0.143. The number of aromatic nitrogens is 4. The lowest BCUT2D eigenvalue weighted by Gasteiger charge is -2.13. The Morgan fingerprint density at radius 1 is 1.07 bits per heavy atom. The van der Waals surface area contributed by atoms with Gasteiger partial charge in [-0.2, -0.15) is 4.68 Å². The van der Waals surface area contributed by atoms with Crippen LogP contribution >= 0.6 is 11.8 Å². The summed E-state index contributed by atoms with van der Waals surface area (Å²) in [4.78, 5) is 12.8. The van der Waals surface area contributed by atoms with Crippen LogP contribution in [-0.2, 0) is 4.79 Å². The van der Waals surface area contributed by atoms with Crippen LogP contribution in [0.15, 0.2) is 71.9 Å². The molecule has 3 aromatic carbocycles. The normalized spacial score (nSPS) is 11.9. The number of methoxy groups -OCH3 is 1. The van der Waals surface area contributed by atoms with Gasteiger partial charge in [-0.25, -0.2) is 0 Å². The highest BCUT2D eigenvalue weighted by Crippen LogP contribution is 2.27. The highest BCUT2D eigenvalue weighted by Gasteiger charge is 2.20. The number of benzene rings is 3. The largest absolute Gasteiger partial charge is 0.497 e. The van der Waals surface area contributed by atoms with Crippen molar-refractivity contribution in [1.82, 2.24) is 20.2 Å². The fourth-order valence-electron chi connectivity index (χ4n) is 2.92. The molecule has 0 saturated heterocycles. The molecule has 1 amide bonds. The van der Waals surface area contributed by atoms with Crippen LogP contribution in [-0.4, -0.2) is 38.5 Å². The molecular formula is C21H19N5O2S. The molecule has 1 aromatic heterocycles. The smallest absolute Gasteiger partial charge is 0.237 e. The van der Waals surface area contributed by atoms with E-state index in [-0.39, 0.29) is 5.91 Å². The van der Waals surface area contributed by atoms with Gasteiger partial charge in [0.15, 0.2) is 0 Å². The summed E-state index contributed by atoms with van der Waals surface area (Å²) in [5.74, 6) is 0.634. The number of hydrogen-bond donors (Lipinski definition) is 1. The van der Waals surface area contributed by atoms with Gasteiger partial charge in [0, 0.05) is 11.1 Å². The van der Waals surface area contributed by atoms with Gasteiger partial charge in [0.25, 0.3) is 0 Å². The van der Waals surface area contributed by atoms with Crippen LogP contribution in [0.25, 0.3) is 16.5 Å². The van der Waals surface area contributed by atoms with E-state index in [1.807, 2.05) is 73.7 Å². The topological polar surface area (TPSA) is 81.9 Å². The Kier molecular flexibility index (Phi) is 5.44. The molecule has 29 heavy (non-hydrogen) atoms. The molecule has 4 aromatic rings. The average Bonchev–Trinajstić information content (AvgIpc) is 3.22. The lowest BCUT2D eigenvalue weighted by atomic mass is 10.1. The molecule has 7 nitrogen and oxygen atoms in total. The molecule has 0 aliphatic heterocycles. The third-order valence-electron chi connectivity index (χ3n) is 4.46. The Balaban J connectivity index is 1.50. The summed E-state index contributed by atoms with van der Waals surface area (Å²) in [6, 6.07) is 21.2. The molecule has 0 aliphatic carbocycles. The maximum Gasteiger partial charge on any atom is 0.237 e. The van der Waals surface area contributed by atoms with Crippen LogP contribution in [0.1, 0.15) is 6.92 Å². The second-order valence-electron chi connectivity index (χ2n) is 6.35. The molecule has 0 bridgehead atoms. The molecule has 1 atom stereocenters. The first-order valence-corrected chi connectivity index (χ1v) is 9.92. The van der Waals surface area contributed by atoms with Crippen molar-refractivity contribution in [3.63, 3.8) is 0 Å². The zero-order valence-corrected chi connectivity index (χ0v) is 16.8. The fourth-order valence-corrected chi connectivity index (χ4v) is 3.73. The standard InChI is InChI=1S/C21H19N5O2S/c1-14(20(27)22-19-9-5-7-15-6-3-4-8-18(15)19)29-21-23-24-25-26(21)16-10-12-17(28-2)13-11-16/h3-14H,1-2H3,(H,22,27)/t14-/m0/s1. The minimum Gasteiger partial charge on any atom is -0.497 e. The van der Waals surface area contributed by atoms with Gasteiger partial charge < -0.3 is 10.1 Å². The first-order chi connectivity index (χ1) is 14.2. The number of hydrogen-bond acceptors (Lipinski definition) is 6. The van der Waals surface area contributed by atoms with Crippen molar-refractivity contribution in [3.8, 4) is 11.4 Å². The quantitative estimate of drug-likeness (QED) is 0.489. The summed E-state index contributed by atoms with van der Waals surface area (Å²) in [6.07, 6.45) is 0. The second kappa shape index (κ2) is 8.32. The monoisotopic (exact) mass is 405 g/mol. The number of rotatable bonds is 6. The second-order valence-corrected chi connectivity index (χ2v) is 7.66. The molecule has 1 N–H and O–H groups in total. The predicted octanol–water partition coefficient (Wildman–Crippen LogP) is 3.94. The highest BCUT2D eigenvalue weighted by molar-refractivity contribution is 8.00. The van der Waals surface area contributed by atoms with Crippen molar-refractivity contribution < 1.29 is 9.53 Å². The van der Waals surface area contributed by atoms with E-state index < -0.39 is 5.25 Å². The first-order valence-electron chi connectivity index (χ1n) is 9.04. The number of nitrogens with zero attached hydrogens (tertiary/aromatic N) is 4. The molecular weight excluding hydrogens is 386 g/mol. The number of amides is 1. The van der Waals surface area contributed by atoms with Gasteiger partial charge >= 0.3 is 0 Å². The van der Waals surface area contributed by atoms with Gasteiger partial charge in [0.05, 0.1) is 18.0 Å². The Hall–Kier alpha value is -3.39. The first kappa shape index (κ1) is 18.9. The van der Waals surface area contributed by atoms with E-state index in [1.165, 1.54) is 11.8 Å². The van der Waals surface area contributed by atoms with Crippen LogP contribution in [0, 0.1) is 0 Å². The lowest BCUT2D eigenvalue weighted by molar-refractivity contribution is -0.115. The van der Waals surface area contributed by atoms with Crippen LogP contribution in [0.5, 0.6) is 5.75 Å². The molecule has 4 rings (SSSR count). The summed E-state index contributed by atoms with van der Waals surface area (Å²) >= 11 is 1.30. The van der Waals surface area contributed by atoms with Crippen LogP contribution < -0.4 is 10.1 Å². The number of nitrogens with one attached hydrogen (secondary N) is 1. The third-order valence-corrected chi connectivity index (χ3v) is 5.49. The molecule has 0 radical (unpaired) electrons. The molecule has 8 heteroatoms. The Labute approximate surface area is 172 Å². The summed E-state index contributed by atoms with van der Waals surface area (Å²) in [5.41, 5.74) is 1.58. The minimum atomic E-state index is -0.392. The molecule has 0 unspecified atom stereocenters. The van der Waals surface area contributed by atoms with Gasteiger partial charge in [0.1, 0.15) is 5.75 Å². The maximum absolute atomic E-state index is 12.8. The highest BCUT2D eigenvalue weighted by atomic mass is 32.2. The van der Waals surface area contributed by atoms with E-state index in [4.69, 9.17) is 4.74 Å². The predicted molar refractivity (Wildman–Crippen MR) is 114 cm³/mol. The number of tetrazole rings is 1. The Morgan fingerprint density at radius 2 is 1.83 bits per heavy atom. The van der Waals surface area contributed by atoms with E-state index >= 15 is 0 Å². The zero-order chi connectivity index (χ0) is 20.2.